The smallest absolute Gasteiger partial charge is 0.268 e. The Labute approximate surface area is 151 Å². The van der Waals surface area contributed by atoms with Crippen LogP contribution in [0.15, 0.2) is 39.6 Å². The molecule has 0 aliphatic heterocycles. The summed E-state index contributed by atoms with van der Waals surface area (Å²) in [5.41, 5.74) is 3.84. The van der Waals surface area contributed by atoms with Gasteiger partial charge in [0.25, 0.3) is 5.56 Å². The van der Waals surface area contributed by atoms with Crippen LogP contribution in [0, 0.1) is 13.8 Å². The van der Waals surface area contributed by atoms with Crippen LogP contribution in [0.1, 0.15) is 17.0 Å². The molecular formula is C16H14N6OS2. The molecule has 1 N–H and O–H groups in total. The van der Waals surface area contributed by atoms with Crippen LogP contribution >= 0.6 is 23.1 Å². The standard InChI is InChI=1S/C16H14N6OS2/c1-9-3-4-12(10(2)7-9)22-16(19-20-21-22)25-8-13-17-11-5-6-24-14(11)15(23)18-13/h3-7H,8H2,1-2H3,(H,17,18,23). The van der Waals surface area contributed by atoms with Crippen LogP contribution in [0.4, 0.5) is 0 Å². The molecule has 0 bridgehead atoms. The van der Waals surface area contributed by atoms with Gasteiger partial charge < -0.3 is 4.98 Å². The molecule has 25 heavy (non-hydrogen) atoms. The number of H-pyrrole nitrogens is 1. The number of aromatic amines is 1. The van der Waals surface area contributed by atoms with Gasteiger partial charge >= 0.3 is 0 Å². The molecule has 0 amide bonds. The highest BCUT2D eigenvalue weighted by Gasteiger charge is 2.13. The molecule has 0 aliphatic carbocycles. The van der Waals surface area contributed by atoms with Gasteiger partial charge in [-0.3, -0.25) is 4.79 Å². The minimum Gasteiger partial charge on any atom is -0.309 e. The Balaban J connectivity index is 1.61. The first-order valence-electron chi connectivity index (χ1n) is 7.57. The molecule has 0 saturated heterocycles. The number of nitrogens with zero attached hydrogens (tertiary/aromatic N) is 5. The van der Waals surface area contributed by atoms with Gasteiger partial charge in [0.1, 0.15) is 10.5 Å². The van der Waals surface area contributed by atoms with Gasteiger partial charge in [-0.15, -0.1) is 16.4 Å². The number of aromatic nitrogens is 6. The molecule has 0 unspecified atom stereocenters. The third kappa shape index (κ3) is 3.08. The summed E-state index contributed by atoms with van der Waals surface area (Å²) in [5, 5.41) is 14.5. The van der Waals surface area contributed by atoms with E-state index in [1.807, 2.05) is 30.5 Å². The van der Waals surface area contributed by atoms with Crippen molar-refractivity contribution in [1.29, 1.82) is 0 Å². The van der Waals surface area contributed by atoms with Crippen molar-refractivity contribution in [2.45, 2.75) is 24.8 Å². The van der Waals surface area contributed by atoms with Gasteiger partial charge in [-0.05, 0) is 47.4 Å². The quantitative estimate of drug-likeness (QED) is 0.556. The van der Waals surface area contributed by atoms with E-state index in [1.165, 1.54) is 28.7 Å². The SMILES string of the molecule is Cc1ccc(-n2nnnc2SCc2nc3ccsc3c(=O)[nH]2)c(C)c1. The monoisotopic (exact) mass is 370 g/mol. The molecule has 1 aromatic carbocycles. The van der Waals surface area contributed by atoms with Crippen LogP contribution in [0.5, 0.6) is 0 Å². The summed E-state index contributed by atoms with van der Waals surface area (Å²) in [6.45, 7) is 4.08. The lowest BCUT2D eigenvalue weighted by Crippen LogP contribution is -2.09. The van der Waals surface area contributed by atoms with Gasteiger partial charge in [0.2, 0.25) is 5.16 Å². The second kappa shape index (κ2) is 6.41. The van der Waals surface area contributed by atoms with E-state index in [9.17, 15) is 4.79 Å². The fourth-order valence-electron chi connectivity index (χ4n) is 2.59. The first-order valence-corrected chi connectivity index (χ1v) is 9.43. The zero-order chi connectivity index (χ0) is 17.4. The molecule has 0 aliphatic rings. The van der Waals surface area contributed by atoms with E-state index in [0.717, 1.165) is 16.8 Å². The van der Waals surface area contributed by atoms with Crippen molar-refractivity contribution >= 4 is 33.3 Å². The van der Waals surface area contributed by atoms with E-state index in [-0.39, 0.29) is 5.56 Å². The average molecular weight is 370 g/mol. The Morgan fingerprint density at radius 3 is 3.00 bits per heavy atom. The number of thioether (sulfide) groups is 1. The highest BCUT2D eigenvalue weighted by atomic mass is 32.2. The predicted octanol–water partition coefficient (Wildman–Crippen LogP) is 2.87. The van der Waals surface area contributed by atoms with Gasteiger partial charge in [-0.1, -0.05) is 29.5 Å². The molecule has 0 spiro atoms. The first kappa shape index (κ1) is 16.0. The van der Waals surface area contributed by atoms with E-state index in [1.54, 1.807) is 4.68 Å². The maximum Gasteiger partial charge on any atom is 0.268 e. The minimum absolute atomic E-state index is 0.107. The number of aryl methyl sites for hydroxylation is 2. The molecule has 0 fully saturated rings. The molecule has 4 aromatic rings. The normalized spacial score (nSPS) is 11.3. The minimum atomic E-state index is -0.107. The van der Waals surface area contributed by atoms with Gasteiger partial charge in [0.05, 0.1) is 17.0 Å². The van der Waals surface area contributed by atoms with Crippen molar-refractivity contribution in [2.24, 2.45) is 0 Å². The largest absolute Gasteiger partial charge is 0.309 e. The van der Waals surface area contributed by atoms with Crippen molar-refractivity contribution in [2.75, 3.05) is 0 Å². The van der Waals surface area contributed by atoms with Crippen LogP contribution in [0.3, 0.4) is 0 Å². The summed E-state index contributed by atoms with van der Waals surface area (Å²) < 4.78 is 2.36. The van der Waals surface area contributed by atoms with Gasteiger partial charge in [0.15, 0.2) is 0 Å². The number of benzene rings is 1. The highest BCUT2D eigenvalue weighted by molar-refractivity contribution is 7.98. The Kier molecular flexibility index (Phi) is 4.10. The second-order valence-electron chi connectivity index (χ2n) is 5.60. The summed E-state index contributed by atoms with van der Waals surface area (Å²) in [7, 11) is 0. The molecule has 3 aromatic heterocycles. The number of nitrogens with one attached hydrogen (secondary N) is 1. The summed E-state index contributed by atoms with van der Waals surface area (Å²) in [5.74, 6) is 1.09. The number of thiophene rings is 1. The summed E-state index contributed by atoms with van der Waals surface area (Å²) >= 11 is 2.82. The van der Waals surface area contributed by atoms with Crippen molar-refractivity contribution in [3.8, 4) is 5.69 Å². The van der Waals surface area contributed by atoms with E-state index >= 15 is 0 Å². The zero-order valence-corrected chi connectivity index (χ0v) is 15.2. The fourth-order valence-corrected chi connectivity index (χ4v) is 4.07. The lowest BCUT2D eigenvalue weighted by atomic mass is 10.1. The number of fused-ring (bicyclic) bond motifs is 1. The van der Waals surface area contributed by atoms with Crippen molar-refractivity contribution < 1.29 is 0 Å². The molecule has 126 valence electrons. The van der Waals surface area contributed by atoms with Crippen molar-refractivity contribution in [3.63, 3.8) is 0 Å². The van der Waals surface area contributed by atoms with E-state index in [4.69, 9.17) is 0 Å². The molecular weight excluding hydrogens is 356 g/mol. The third-order valence-corrected chi connectivity index (χ3v) is 5.56. The maximum absolute atomic E-state index is 12.0. The maximum atomic E-state index is 12.0. The number of hydrogen-bond donors (Lipinski definition) is 1. The van der Waals surface area contributed by atoms with Crippen LogP contribution in [0.25, 0.3) is 15.9 Å². The topological polar surface area (TPSA) is 89.3 Å². The van der Waals surface area contributed by atoms with Crippen molar-refractivity contribution in [3.05, 3.63) is 57.0 Å². The van der Waals surface area contributed by atoms with Crippen LogP contribution < -0.4 is 5.56 Å². The second-order valence-corrected chi connectivity index (χ2v) is 7.46. The zero-order valence-electron chi connectivity index (χ0n) is 13.6. The summed E-state index contributed by atoms with van der Waals surface area (Å²) in [4.78, 5) is 19.4. The van der Waals surface area contributed by atoms with E-state index < -0.39 is 0 Å². The van der Waals surface area contributed by atoms with E-state index in [0.29, 0.717) is 21.4 Å². The molecule has 4 rings (SSSR count). The fraction of sp³-hybridized carbons (Fsp3) is 0.188. The lowest BCUT2D eigenvalue weighted by Gasteiger charge is -2.08. The summed E-state index contributed by atoms with van der Waals surface area (Å²) in [6, 6.07) is 7.97. The Morgan fingerprint density at radius 2 is 2.16 bits per heavy atom. The van der Waals surface area contributed by atoms with Gasteiger partial charge in [-0.25, -0.2) is 4.98 Å². The lowest BCUT2D eigenvalue weighted by molar-refractivity contribution is 0.751. The average Bonchev–Trinajstić information content (AvgIpc) is 3.22. The van der Waals surface area contributed by atoms with Gasteiger partial charge in [-0.2, -0.15) is 4.68 Å². The Hall–Kier alpha value is -2.52. The molecule has 3 heterocycles. The highest BCUT2D eigenvalue weighted by Crippen LogP contribution is 2.24. The Morgan fingerprint density at radius 1 is 1.28 bits per heavy atom. The number of hydrogen-bond acceptors (Lipinski definition) is 7. The van der Waals surface area contributed by atoms with Crippen LogP contribution in [-0.2, 0) is 5.75 Å². The third-order valence-electron chi connectivity index (χ3n) is 3.72. The molecule has 9 heteroatoms. The number of tetrazole rings is 1. The number of rotatable bonds is 4. The molecule has 0 atom stereocenters. The van der Waals surface area contributed by atoms with Crippen LogP contribution in [0.2, 0.25) is 0 Å². The van der Waals surface area contributed by atoms with Crippen LogP contribution in [-0.4, -0.2) is 30.2 Å². The van der Waals surface area contributed by atoms with E-state index in [2.05, 4.69) is 38.5 Å². The molecule has 0 radical (unpaired) electrons. The van der Waals surface area contributed by atoms with Gasteiger partial charge in [0, 0.05) is 0 Å². The molecule has 7 nitrogen and oxygen atoms in total. The Bertz CT molecular complexity index is 1110. The molecule has 0 saturated carbocycles. The predicted molar refractivity (Wildman–Crippen MR) is 98.4 cm³/mol. The van der Waals surface area contributed by atoms with Crippen molar-refractivity contribution in [1.82, 2.24) is 30.2 Å². The summed E-state index contributed by atoms with van der Waals surface area (Å²) in [6.07, 6.45) is 0. The first-order chi connectivity index (χ1) is 12.1.